The molecule has 0 saturated carbocycles. The van der Waals surface area contributed by atoms with Crippen LogP contribution in [0.4, 0.5) is 0 Å². The second-order valence-electron chi connectivity index (χ2n) is 30.7. The molecule has 0 radical (unpaired) electrons. The van der Waals surface area contributed by atoms with Gasteiger partial charge in [-0.3, -0.25) is 37.3 Å². The van der Waals surface area contributed by atoms with E-state index in [0.717, 1.165) is 95.8 Å². The van der Waals surface area contributed by atoms with E-state index in [9.17, 15) is 43.2 Å². The number of hydrogen-bond donors (Lipinski definition) is 3. The first-order valence-corrected chi connectivity index (χ1v) is 46.6. The average Bonchev–Trinajstić information content (AvgIpc) is 0.997. The van der Waals surface area contributed by atoms with Gasteiger partial charge in [0.25, 0.3) is 0 Å². The molecule has 19 heteroatoms. The minimum Gasteiger partial charge on any atom is -0.462 e. The Morgan fingerprint density at radius 1 is 0.262 bits per heavy atom. The van der Waals surface area contributed by atoms with Crippen molar-refractivity contribution in [2.75, 3.05) is 39.6 Å². The standard InChI is InChI=1S/C84H164O17P2/c1-6-9-12-15-18-21-23-25-26-27-28-29-30-31-32-37-41-45-50-55-60-65-70-84(89)101-80(74-95-82(87)68-63-58-53-48-43-40-36-34-33-35-39-42-47-51-56-61-66-77(4)5)76-99-103(92,93)97-72-78(85)71-96-102(90,91)98-75-79(73-94-81(86)67-62-57-52-46-20-17-14-11-8-3)100-83(88)69-64-59-54-49-44-38-24-22-19-16-13-10-7-2/h77-80,85H,6-76H2,1-5H3,(H,90,91)(H,92,93)/t78-,79+,80+/m0/s1. The second kappa shape index (κ2) is 76.8. The highest BCUT2D eigenvalue weighted by Gasteiger charge is 2.30. The Labute approximate surface area is 632 Å². The van der Waals surface area contributed by atoms with Crippen molar-refractivity contribution in [3.05, 3.63) is 0 Å². The van der Waals surface area contributed by atoms with Gasteiger partial charge in [-0.1, -0.05) is 401 Å². The Morgan fingerprint density at radius 3 is 0.660 bits per heavy atom. The summed E-state index contributed by atoms with van der Waals surface area (Å²) < 4.78 is 68.7. The summed E-state index contributed by atoms with van der Waals surface area (Å²) in [5.41, 5.74) is 0. The topological polar surface area (TPSA) is 237 Å². The van der Waals surface area contributed by atoms with Crippen LogP contribution < -0.4 is 0 Å². The number of aliphatic hydroxyl groups excluding tert-OH is 1. The third kappa shape index (κ3) is 78.0. The largest absolute Gasteiger partial charge is 0.472 e. The number of rotatable bonds is 84. The van der Waals surface area contributed by atoms with Crippen molar-refractivity contribution in [2.24, 2.45) is 5.92 Å². The Morgan fingerprint density at radius 2 is 0.447 bits per heavy atom. The van der Waals surface area contributed by atoms with Crippen LogP contribution in [0.5, 0.6) is 0 Å². The Bertz CT molecular complexity index is 1960. The molecule has 612 valence electrons. The van der Waals surface area contributed by atoms with Gasteiger partial charge in [-0.2, -0.15) is 0 Å². The molecule has 17 nitrogen and oxygen atoms in total. The number of phosphoric ester groups is 2. The van der Waals surface area contributed by atoms with Crippen LogP contribution in [0.15, 0.2) is 0 Å². The first-order chi connectivity index (χ1) is 50.0. The number of phosphoric acid groups is 2. The van der Waals surface area contributed by atoms with Crippen molar-refractivity contribution in [3.8, 4) is 0 Å². The highest BCUT2D eigenvalue weighted by atomic mass is 31.2. The van der Waals surface area contributed by atoms with E-state index in [1.807, 2.05) is 0 Å². The fraction of sp³-hybridized carbons (Fsp3) is 0.952. The maximum atomic E-state index is 13.1. The molecular formula is C84H164O17P2. The molecule has 0 aromatic heterocycles. The Balaban J connectivity index is 5.19. The molecule has 0 aliphatic carbocycles. The Hall–Kier alpha value is -1.94. The zero-order chi connectivity index (χ0) is 75.5. The van der Waals surface area contributed by atoms with E-state index < -0.39 is 97.5 Å². The predicted molar refractivity (Wildman–Crippen MR) is 423 cm³/mol. The SMILES string of the molecule is CCCCCCCCCCCCCCCCCCCCCCCCC(=O)O[C@H](COC(=O)CCCCCCCCCCCCCCCCCCC(C)C)COP(=O)(O)OC[C@@H](O)COP(=O)(O)OC[C@@H](COC(=O)CCCCCCCCCCC)OC(=O)CCCCCCCCCCCCCCC. The molecule has 2 unspecified atom stereocenters. The van der Waals surface area contributed by atoms with E-state index in [0.29, 0.717) is 25.7 Å². The van der Waals surface area contributed by atoms with Crippen LogP contribution in [0.2, 0.25) is 0 Å². The van der Waals surface area contributed by atoms with Gasteiger partial charge in [-0.25, -0.2) is 9.13 Å². The second-order valence-corrected chi connectivity index (χ2v) is 33.6. The molecule has 103 heavy (non-hydrogen) atoms. The van der Waals surface area contributed by atoms with Gasteiger partial charge in [0.05, 0.1) is 26.4 Å². The quantitative estimate of drug-likeness (QED) is 0.0222. The van der Waals surface area contributed by atoms with Crippen LogP contribution in [0.25, 0.3) is 0 Å². The molecule has 0 aromatic carbocycles. The molecule has 0 heterocycles. The maximum absolute atomic E-state index is 13.1. The van der Waals surface area contributed by atoms with Crippen LogP contribution in [0.3, 0.4) is 0 Å². The summed E-state index contributed by atoms with van der Waals surface area (Å²) in [5.74, 6) is -1.29. The van der Waals surface area contributed by atoms with Crippen molar-refractivity contribution in [2.45, 2.75) is 470 Å². The van der Waals surface area contributed by atoms with Gasteiger partial charge in [0, 0.05) is 25.7 Å². The van der Waals surface area contributed by atoms with Gasteiger partial charge in [-0.15, -0.1) is 0 Å². The fourth-order valence-electron chi connectivity index (χ4n) is 13.1. The van der Waals surface area contributed by atoms with E-state index in [1.54, 1.807) is 0 Å². The minimum absolute atomic E-state index is 0.108. The molecule has 0 aliphatic heterocycles. The molecule has 0 saturated heterocycles. The number of carbonyl (C=O) groups is 4. The van der Waals surface area contributed by atoms with Gasteiger partial charge in [0.1, 0.15) is 19.3 Å². The molecule has 0 aromatic rings. The average molecular weight is 1510 g/mol. The molecule has 5 atom stereocenters. The van der Waals surface area contributed by atoms with E-state index in [2.05, 4.69) is 34.6 Å². The van der Waals surface area contributed by atoms with E-state index in [-0.39, 0.29) is 25.7 Å². The summed E-state index contributed by atoms with van der Waals surface area (Å²) in [4.78, 5) is 73.0. The lowest BCUT2D eigenvalue weighted by atomic mass is 10.0. The zero-order valence-corrected chi connectivity index (χ0v) is 69.3. The number of carbonyl (C=O) groups excluding carboxylic acids is 4. The van der Waals surface area contributed by atoms with E-state index in [4.69, 9.17) is 37.0 Å². The lowest BCUT2D eigenvalue weighted by molar-refractivity contribution is -0.161. The highest BCUT2D eigenvalue weighted by Crippen LogP contribution is 2.45. The normalized spacial score (nSPS) is 13.8. The number of ether oxygens (including phenoxy) is 4. The van der Waals surface area contributed by atoms with Gasteiger partial charge in [0.15, 0.2) is 12.2 Å². The summed E-state index contributed by atoms with van der Waals surface area (Å²) in [6.07, 6.45) is 69.5. The predicted octanol–water partition coefficient (Wildman–Crippen LogP) is 25.6. The van der Waals surface area contributed by atoms with Gasteiger partial charge >= 0.3 is 39.5 Å². The summed E-state index contributed by atoms with van der Waals surface area (Å²) in [7, 11) is -9.92. The zero-order valence-electron chi connectivity index (χ0n) is 67.5. The van der Waals surface area contributed by atoms with Crippen LogP contribution in [-0.2, 0) is 65.4 Å². The van der Waals surface area contributed by atoms with Crippen molar-refractivity contribution >= 4 is 39.5 Å². The molecule has 0 rings (SSSR count). The first-order valence-electron chi connectivity index (χ1n) is 43.6. The Kier molecular flexibility index (Phi) is 75.4. The third-order valence-electron chi connectivity index (χ3n) is 19.8. The van der Waals surface area contributed by atoms with Crippen LogP contribution in [0.1, 0.15) is 452 Å². The lowest BCUT2D eigenvalue weighted by Gasteiger charge is -2.21. The van der Waals surface area contributed by atoms with Crippen LogP contribution >= 0.6 is 15.6 Å². The highest BCUT2D eigenvalue weighted by molar-refractivity contribution is 7.47. The van der Waals surface area contributed by atoms with E-state index in [1.165, 1.54) is 276 Å². The van der Waals surface area contributed by atoms with Crippen molar-refractivity contribution < 1.29 is 80.2 Å². The minimum atomic E-state index is -4.96. The van der Waals surface area contributed by atoms with Gasteiger partial charge in [-0.05, 0) is 31.6 Å². The third-order valence-corrected chi connectivity index (χ3v) is 21.7. The van der Waals surface area contributed by atoms with E-state index >= 15 is 0 Å². The molecule has 0 aliphatic rings. The van der Waals surface area contributed by atoms with Crippen LogP contribution in [0, 0.1) is 5.92 Å². The van der Waals surface area contributed by atoms with Gasteiger partial charge < -0.3 is 33.8 Å². The molecular weight excluding hydrogens is 1340 g/mol. The number of aliphatic hydroxyl groups is 1. The van der Waals surface area contributed by atoms with Crippen LogP contribution in [-0.4, -0.2) is 96.7 Å². The fourth-order valence-corrected chi connectivity index (χ4v) is 14.7. The summed E-state index contributed by atoms with van der Waals surface area (Å²) in [6.45, 7) is 7.36. The number of unbranched alkanes of at least 4 members (excludes halogenated alkanes) is 56. The lowest BCUT2D eigenvalue weighted by Crippen LogP contribution is -2.30. The number of esters is 4. The molecule has 0 spiro atoms. The molecule has 0 bridgehead atoms. The summed E-state index contributed by atoms with van der Waals surface area (Å²) in [5, 5.41) is 10.6. The number of hydrogen-bond acceptors (Lipinski definition) is 15. The van der Waals surface area contributed by atoms with Crippen molar-refractivity contribution in [1.29, 1.82) is 0 Å². The van der Waals surface area contributed by atoms with Crippen molar-refractivity contribution in [1.82, 2.24) is 0 Å². The molecule has 0 fully saturated rings. The molecule has 0 amide bonds. The monoisotopic (exact) mass is 1510 g/mol. The first kappa shape index (κ1) is 101. The maximum Gasteiger partial charge on any atom is 0.472 e. The summed E-state index contributed by atoms with van der Waals surface area (Å²) >= 11 is 0. The van der Waals surface area contributed by atoms with Crippen molar-refractivity contribution in [3.63, 3.8) is 0 Å². The van der Waals surface area contributed by atoms with Gasteiger partial charge in [0.2, 0.25) is 0 Å². The summed E-state index contributed by atoms with van der Waals surface area (Å²) in [6, 6.07) is 0. The smallest absolute Gasteiger partial charge is 0.462 e. The molecule has 3 N–H and O–H groups in total.